The Bertz CT molecular complexity index is 155. The first kappa shape index (κ1) is 6.73. The van der Waals surface area contributed by atoms with E-state index in [1.54, 1.807) is 0 Å². The summed E-state index contributed by atoms with van der Waals surface area (Å²) >= 11 is 6.47. The molecule has 3 heterocycles. The van der Waals surface area contributed by atoms with E-state index < -0.39 is 0 Å². The van der Waals surface area contributed by atoms with E-state index in [1.165, 1.54) is 38.9 Å². The number of hydrogen-bond acceptors (Lipinski definition) is 0. The summed E-state index contributed by atoms with van der Waals surface area (Å²) in [6.07, 6.45) is 4.47. The number of hydrogen-bond donors (Lipinski definition) is 0. The predicted molar refractivity (Wildman–Crippen MR) is 45.0 cm³/mol. The average Bonchev–Trinajstić information content (AvgIpc) is 1.79. The van der Waals surface area contributed by atoms with Crippen LogP contribution >= 0.6 is 11.8 Å². The maximum Gasteiger partial charge on any atom is 0.165 e. The van der Waals surface area contributed by atoms with Gasteiger partial charge < -0.3 is 0 Å². The van der Waals surface area contributed by atoms with E-state index in [9.17, 15) is 0 Å². The zero-order chi connectivity index (χ0) is 7.47. The molecule has 0 aromatic carbocycles. The van der Waals surface area contributed by atoms with Gasteiger partial charge in [-0.15, -0.1) is 0 Å². The Morgan fingerprint density at radius 1 is 0.818 bits per heavy atom. The molecule has 4 rings (SSSR count). The number of piperidine rings is 3. The van der Waals surface area contributed by atoms with Gasteiger partial charge in [0.2, 0.25) is 0 Å². The fourth-order valence-electron chi connectivity index (χ4n) is 3.76. The largest absolute Gasteiger partial charge is 0.221 e. The normalized spacial score (nSPS) is 60.3. The average molecular weight is 173 g/mol. The van der Waals surface area contributed by atoms with Crippen LogP contribution in [0.25, 0.3) is 0 Å². The van der Waals surface area contributed by atoms with Gasteiger partial charge in [0.15, 0.2) is 11.8 Å². The van der Waals surface area contributed by atoms with Gasteiger partial charge in [-0.3, -0.25) is 0 Å². The number of nitrogens with zero attached hydrogens (tertiary/aromatic N) is 1. The minimum Gasteiger partial charge on any atom is -0.221 e. The lowest BCUT2D eigenvalue weighted by atomic mass is 9.68. The lowest BCUT2D eigenvalue weighted by Gasteiger charge is -2.53. The SMILES string of the molecule is Cl[N+]12CC3CC(CC(C3)C1)C2. The van der Waals surface area contributed by atoms with Gasteiger partial charge in [0.25, 0.3) is 0 Å². The zero-order valence-electron chi connectivity index (χ0n) is 6.80. The van der Waals surface area contributed by atoms with Crippen LogP contribution in [0.4, 0.5) is 0 Å². The van der Waals surface area contributed by atoms with E-state index in [4.69, 9.17) is 11.8 Å². The van der Waals surface area contributed by atoms with Crippen molar-refractivity contribution in [3.05, 3.63) is 0 Å². The predicted octanol–water partition coefficient (Wildman–Crippen LogP) is 2.02. The van der Waals surface area contributed by atoms with Crippen LogP contribution in [-0.4, -0.2) is 23.6 Å². The maximum absolute atomic E-state index is 6.47. The van der Waals surface area contributed by atoms with Gasteiger partial charge in [0.1, 0.15) is 0 Å². The Morgan fingerprint density at radius 2 is 1.18 bits per heavy atom. The van der Waals surface area contributed by atoms with Gasteiger partial charge in [-0.25, -0.2) is 4.00 Å². The Kier molecular flexibility index (Phi) is 1.19. The molecule has 0 radical (unpaired) electrons. The number of quaternary nitrogens is 1. The second-order valence-corrected chi connectivity index (χ2v) is 5.60. The fourth-order valence-corrected chi connectivity index (χ4v) is 4.35. The second kappa shape index (κ2) is 1.94. The molecule has 1 aliphatic carbocycles. The van der Waals surface area contributed by atoms with Crippen molar-refractivity contribution in [2.24, 2.45) is 17.8 Å². The minimum atomic E-state index is 0.903. The Hall–Kier alpha value is 0.250. The van der Waals surface area contributed by atoms with Crippen LogP contribution < -0.4 is 0 Å². The third-order valence-corrected chi connectivity index (χ3v) is 4.17. The highest BCUT2D eigenvalue weighted by Crippen LogP contribution is 2.48. The summed E-state index contributed by atoms with van der Waals surface area (Å²) in [6, 6.07) is 0. The molecule has 62 valence electrons. The van der Waals surface area contributed by atoms with Gasteiger partial charge in [-0.05, 0) is 19.3 Å². The molecule has 0 N–H and O–H groups in total. The van der Waals surface area contributed by atoms with Crippen LogP contribution in [0.2, 0.25) is 0 Å². The third-order valence-electron chi connectivity index (χ3n) is 3.76. The molecule has 4 aliphatic rings. The van der Waals surface area contributed by atoms with E-state index >= 15 is 0 Å². The monoisotopic (exact) mass is 172 g/mol. The van der Waals surface area contributed by atoms with Crippen LogP contribution in [0, 0.1) is 17.8 Å². The molecule has 1 saturated carbocycles. The summed E-state index contributed by atoms with van der Waals surface area (Å²) in [5.74, 6) is 2.95. The second-order valence-electron chi connectivity index (χ2n) is 4.88. The molecule has 4 fully saturated rings. The lowest BCUT2D eigenvalue weighted by molar-refractivity contribution is -0.848. The molecule has 1 nitrogen and oxygen atoms in total. The van der Waals surface area contributed by atoms with E-state index in [2.05, 4.69) is 0 Å². The summed E-state index contributed by atoms with van der Waals surface area (Å²) in [4.78, 5) is 0. The first-order chi connectivity index (χ1) is 5.23. The molecular formula is C9H15ClN+. The van der Waals surface area contributed by atoms with Crippen LogP contribution in [0.15, 0.2) is 0 Å². The highest BCUT2D eigenvalue weighted by molar-refractivity contribution is 6.06. The molecule has 0 amide bonds. The van der Waals surface area contributed by atoms with E-state index in [0.717, 1.165) is 21.8 Å². The van der Waals surface area contributed by atoms with Gasteiger partial charge in [-0.2, -0.15) is 0 Å². The molecule has 3 saturated heterocycles. The zero-order valence-corrected chi connectivity index (χ0v) is 7.56. The van der Waals surface area contributed by atoms with Crippen molar-refractivity contribution in [1.29, 1.82) is 0 Å². The minimum absolute atomic E-state index is 0.903. The number of rotatable bonds is 0. The highest BCUT2D eigenvalue weighted by atomic mass is 35.5. The quantitative estimate of drug-likeness (QED) is 0.491. The van der Waals surface area contributed by atoms with E-state index in [-0.39, 0.29) is 0 Å². The summed E-state index contributed by atoms with van der Waals surface area (Å²) in [5.41, 5.74) is 0. The van der Waals surface area contributed by atoms with Crippen LogP contribution in [0.3, 0.4) is 0 Å². The molecule has 0 unspecified atom stereocenters. The van der Waals surface area contributed by atoms with E-state index in [0.29, 0.717) is 0 Å². The van der Waals surface area contributed by atoms with Crippen molar-refractivity contribution in [3.63, 3.8) is 0 Å². The fraction of sp³-hybridized carbons (Fsp3) is 1.00. The summed E-state index contributed by atoms with van der Waals surface area (Å²) < 4.78 is 0.903. The van der Waals surface area contributed by atoms with Gasteiger partial charge in [0.05, 0.1) is 19.6 Å². The van der Waals surface area contributed by atoms with Crippen molar-refractivity contribution in [2.75, 3.05) is 19.6 Å². The van der Waals surface area contributed by atoms with E-state index in [1.807, 2.05) is 0 Å². The Morgan fingerprint density at radius 3 is 1.45 bits per heavy atom. The Balaban J connectivity index is 1.94. The van der Waals surface area contributed by atoms with Crippen molar-refractivity contribution in [1.82, 2.24) is 0 Å². The van der Waals surface area contributed by atoms with Crippen molar-refractivity contribution < 1.29 is 4.00 Å². The smallest absolute Gasteiger partial charge is 0.165 e. The molecule has 3 aliphatic heterocycles. The lowest BCUT2D eigenvalue weighted by Crippen LogP contribution is -2.60. The van der Waals surface area contributed by atoms with Crippen molar-refractivity contribution in [2.45, 2.75) is 19.3 Å². The van der Waals surface area contributed by atoms with Crippen LogP contribution in [0.1, 0.15) is 19.3 Å². The first-order valence-electron chi connectivity index (χ1n) is 4.79. The number of halogens is 1. The maximum atomic E-state index is 6.47. The molecule has 0 spiro atoms. The molecular weight excluding hydrogens is 158 g/mol. The van der Waals surface area contributed by atoms with Gasteiger partial charge in [-0.1, -0.05) is 0 Å². The summed E-state index contributed by atoms with van der Waals surface area (Å²) in [6.45, 7) is 3.82. The van der Waals surface area contributed by atoms with Gasteiger partial charge in [0, 0.05) is 17.8 Å². The molecule has 2 heteroatoms. The highest BCUT2D eigenvalue weighted by Gasteiger charge is 2.51. The first-order valence-corrected chi connectivity index (χ1v) is 5.13. The molecule has 0 aromatic rings. The topological polar surface area (TPSA) is 0 Å². The Labute approximate surface area is 73.0 Å². The van der Waals surface area contributed by atoms with Crippen molar-refractivity contribution >= 4 is 11.8 Å². The van der Waals surface area contributed by atoms with Crippen LogP contribution in [0.5, 0.6) is 0 Å². The molecule has 11 heavy (non-hydrogen) atoms. The van der Waals surface area contributed by atoms with Gasteiger partial charge >= 0.3 is 0 Å². The summed E-state index contributed by atoms with van der Waals surface area (Å²) in [7, 11) is 0. The standard InChI is InChI=1S/C9H15ClN/c10-11-4-7-1-8(5-11)3-9(2-7)6-11/h7-9H,1-6H2/q+1. The molecule has 0 atom stereocenters. The molecule has 4 bridgehead atoms. The molecule has 0 aromatic heterocycles. The summed E-state index contributed by atoms with van der Waals surface area (Å²) in [5, 5.41) is 0. The third kappa shape index (κ3) is 0.940. The van der Waals surface area contributed by atoms with Crippen molar-refractivity contribution in [3.8, 4) is 0 Å². The van der Waals surface area contributed by atoms with Crippen LogP contribution in [-0.2, 0) is 0 Å².